The molecule has 2 aromatic carbocycles. The molecule has 1 aromatic heterocycles. The fourth-order valence-electron chi connectivity index (χ4n) is 3.99. The van der Waals surface area contributed by atoms with Gasteiger partial charge >= 0.3 is 0 Å². The van der Waals surface area contributed by atoms with E-state index in [1.54, 1.807) is 67.0 Å². The normalized spacial score (nSPS) is 17.1. The summed E-state index contributed by atoms with van der Waals surface area (Å²) in [4.78, 5) is 31.8. The van der Waals surface area contributed by atoms with Crippen LogP contribution in [0.15, 0.2) is 85.2 Å². The summed E-state index contributed by atoms with van der Waals surface area (Å²) >= 11 is 6.07. The van der Waals surface area contributed by atoms with Crippen LogP contribution in [0, 0.1) is 6.92 Å². The highest BCUT2D eigenvalue weighted by Crippen LogP contribution is 2.41. The third kappa shape index (κ3) is 4.58. The van der Waals surface area contributed by atoms with Crippen LogP contribution in [-0.2, 0) is 16.1 Å². The maximum absolute atomic E-state index is 13.2. The Morgan fingerprint density at radius 1 is 1.21 bits per heavy atom. The molecule has 1 amide bonds. The number of ether oxygens (including phenoxy) is 1. The van der Waals surface area contributed by atoms with E-state index in [-0.39, 0.29) is 17.9 Å². The van der Waals surface area contributed by atoms with Crippen LogP contribution in [-0.4, -0.2) is 33.3 Å². The molecule has 2 heterocycles. The van der Waals surface area contributed by atoms with Gasteiger partial charge in [0.1, 0.15) is 18.1 Å². The maximum atomic E-state index is 13.2. The number of halogens is 1. The smallest absolute Gasteiger partial charge is 0.295 e. The predicted octanol–water partition coefficient (Wildman–Crippen LogP) is 5.23. The molecule has 0 spiro atoms. The number of hydrogen-bond donors (Lipinski definition) is 1. The monoisotopic (exact) mass is 474 g/mol. The van der Waals surface area contributed by atoms with E-state index in [9.17, 15) is 14.7 Å². The number of likely N-dealkylation sites (tertiary alicyclic amines) is 1. The minimum Gasteiger partial charge on any atom is -0.507 e. The molecular formula is C27H23ClN2O4. The van der Waals surface area contributed by atoms with Crippen LogP contribution in [0.1, 0.15) is 28.3 Å². The molecule has 0 bridgehead atoms. The SMILES string of the molecule is C=CCOc1ccc(/C(O)=C2/C(=O)C(=O)N(Cc3cccnc3)C2c2ccc(Cl)cc2)cc1C. The van der Waals surface area contributed by atoms with Crippen LogP contribution >= 0.6 is 11.6 Å². The highest BCUT2D eigenvalue weighted by atomic mass is 35.5. The molecule has 0 saturated carbocycles. The first-order valence-electron chi connectivity index (χ1n) is 10.7. The Labute approximate surface area is 202 Å². The molecule has 4 rings (SSSR count). The van der Waals surface area contributed by atoms with Crippen molar-refractivity contribution < 1.29 is 19.4 Å². The van der Waals surface area contributed by atoms with E-state index < -0.39 is 17.7 Å². The Hall–Kier alpha value is -3.90. The van der Waals surface area contributed by atoms with E-state index in [0.717, 1.165) is 11.1 Å². The fourth-order valence-corrected chi connectivity index (χ4v) is 4.11. The molecule has 172 valence electrons. The number of carbonyl (C=O) groups is 2. The zero-order chi connectivity index (χ0) is 24.2. The molecule has 1 aliphatic rings. The molecule has 1 N–H and O–H groups in total. The van der Waals surface area contributed by atoms with E-state index in [0.29, 0.717) is 28.5 Å². The van der Waals surface area contributed by atoms with Gasteiger partial charge in [-0.1, -0.05) is 42.5 Å². The third-order valence-corrected chi connectivity index (χ3v) is 5.86. The van der Waals surface area contributed by atoms with Gasteiger partial charge in [-0.05, 0) is 60.0 Å². The molecule has 3 aromatic rings. The molecule has 1 unspecified atom stereocenters. The molecule has 0 radical (unpaired) electrons. The van der Waals surface area contributed by atoms with Gasteiger partial charge in [-0.15, -0.1) is 0 Å². The third-order valence-electron chi connectivity index (χ3n) is 5.61. The first-order valence-corrected chi connectivity index (χ1v) is 11.1. The molecule has 1 fully saturated rings. The number of amides is 1. The second-order valence-electron chi connectivity index (χ2n) is 7.92. The molecule has 1 saturated heterocycles. The minimum atomic E-state index is -0.783. The summed E-state index contributed by atoms with van der Waals surface area (Å²) in [6.45, 7) is 5.99. The summed E-state index contributed by atoms with van der Waals surface area (Å²) in [5.74, 6) is -1.04. The van der Waals surface area contributed by atoms with Crippen LogP contribution < -0.4 is 4.74 Å². The number of aromatic nitrogens is 1. The Balaban J connectivity index is 1.81. The Bertz CT molecular complexity index is 1270. The Kier molecular flexibility index (Phi) is 6.80. The van der Waals surface area contributed by atoms with Gasteiger partial charge in [0.15, 0.2) is 0 Å². The standard InChI is InChI=1S/C27H23ClN2O4/c1-3-13-34-22-11-8-20(14-17(22)2)25(31)23-24(19-6-9-21(28)10-7-19)30(27(33)26(23)32)16-18-5-4-12-29-15-18/h3-12,14-15,24,31H,1,13,16H2,2H3/b25-23-. The number of nitrogens with zero attached hydrogens (tertiary/aromatic N) is 2. The highest BCUT2D eigenvalue weighted by molar-refractivity contribution is 6.46. The number of Topliss-reactive ketones (excluding diaryl/α,β-unsaturated/α-hetero) is 1. The number of aliphatic hydroxyl groups is 1. The van der Waals surface area contributed by atoms with E-state index >= 15 is 0 Å². The topological polar surface area (TPSA) is 79.7 Å². The zero-order valence-electron chi connectivity index (χ0n) is 18.6. The van der Waals surface area contributed by atoms with Crippen LogP contribution in [0.25, 0.3) is 5.76 Å². The summed E-state index contributed by atoms with van der Waals surface area (Å²) in [7, 11) is 0. The largest absolute Gasteiger partial charge is 0.507 e. The molecule has 34 heavy (non-hydrogen) atoms. The van der Waals surface area contributed by atoms with Gasteiger partial charge in [-0.25, -0.2) is 0 Å². The van der Waals surface area contributed by atoms with Crippen molar-refractivity contribution in [3.63, 3.8) is 0 Å². The summed E-state index contributed by atoms with van der Waals surface area (Å²) in [5, 5.41) is 11.8. The number of hydrogen-bond acceptors (Lipinski definition) is 5. The summed E-state index contributed by atoms with van der Waals surface area (Å²) in [5.41, 5.74) is 2.65. The average molecular weight is 475 g/mol. The number of ketones is 1. The van der Waals surface area contributed by atoms with Gasteiger partial charge < -0.3 is 14.7 Å². The van der Waals surface area contributed by atoms with E-state index in [4.69, 9.17) is 16.3 Å². The molecule has 1 atom stereocenters. The summed E-state index contributed by atoms with van der Waals surface area (Å²) < 4.78 is 5.61. The number of benzene rings is 2. The molecule has 1 aliphatic heterocycles. The lowest BCUT2D eigenvalue weighted by atomic mass is 9.94. The van der Waals surface area contributed by atoms with Crippen molar-refractivity contribution in [2.75, 3.05) is 6.61 Å². The summed E-state index contributed by atoms with van der Waals surface area (Å²) in [6, 6.07) is 14.8. The Morgan fingerprint density at radius 2 is 1.97 bits per heavy atom. The van der Waals surface area contributed by atoms with E-state index in [1.165, 1.54) is 4.90 Å². The van der Waals surface area contributed by atoms with Gasteiger partial charge in [0, 0.05) is 29.5 Å². The lowest BCUT2D eigenvalue weighted by Gasteiger charge is -2.25. The first-order chi connectivity index (χ1) is 16.4. The molecule has 7 heteroatoms. The molecule has 0 aliphatic carbocycles. The van der Waals surface area contributed by atoms with Crippen molar-refractivity contribution >= 4 is 29.1 Å². The van der Waals surface area contributed by atoms with Crippen LogP contribution in [0.5, 0.6) is 5.75 Å². The van der Waals surface area contributed by atoms with Crippen molar-refractivity contribution in [3.05, 3.63) is 112 Å². The maximum Gasteiger partial charge on any atom is 0.295 e. The predicted molar refractivity (Wildman–Crippen MR) is 130 cm³/mol. The van der Waals surface area contributed by atoms with Gasteiger partial charge in [-0.2, -0.15) is 0 Å². The fraction of sp³-hybridized carbons (Fsp3) is 0.148. The van der Waals surface area contributed by atoms with Crippen molar-refractivity contribution in [1.82, 2.24) is 9.88 Å². The van der Waals surface area contributed by atoms with E-state index in [2.05, 4.69) is 11.6 Å². The Morgan fingerprint density at radius 3 is 2.62 bits per heavy atom. The first kappa shape index (κ1) is 23.3. The number of carbonyl (C=O) groups excluding carboxylic acids is 2. The van der Waals surface area contributed by atoms with Crippen molar-refractivity contribution in [1.29, 1.82) is 0 Å². The van der Waals surface area contributed by atoms with Gasteiger partial charge in [0.05, 0.1) is 11.6 Å². The number of aryl methyl sites for hydroxylation is 1. The number of rotatable bonds is 7. The molecule has 6 nitrogen and oxygen atoms in total. The number of aliphatic hydroxyl groups excluding tert-OH is 1. The van der Waals surface area contributed by atoms with Crippen LogP contribution in [0.4, 0.5) is 0 Å². The van der Waals surface area contributed by atoms with Crippen LogP contribution in [0.3, 0.4) is 0 Å². The van der Waals surface area contributed by atoms with Crippen LogP contribution in [0.2, 0.25) is 5.02 Å². The van der Waals surface area contributed by atoms with Gasteiger partial charge in [-0.3, -0.25) is 14.6 Å². The lowest BCUT2D eigenvalue weighted by Crippen LogP contribution is -2.29. The van der Waals surface area contributed by atoms with Gasteiger partial charge in [0.2, 0.25) is 0 Å². The second-order valence-corrected chi connectivity index (χ2v) is 8.36. The quantitative estimate of drug-likeness (QED) is 0.219. The zero-order valence-corrected chi connectivity index (χ0v) is 19.3. The van der Waals surface area contributed by atoms with E-state index in [1.807, 2.05) is 13.0 Å². The van der Waals surface area contributed by atoms with Crippen molar-refractivity contribution in [3.8, 4) is 5.75 Å². The summed E-state index contributed by atoms with van der Waals surface area (Å²) in [6.07, 6.45) is 4.92. The molecular weight excluding hydrogens is 452 g/mol. The number of pyridine rings is 1. The lowest BCUT2D eigenvalue weighted by molar-refractivity contribution is -0.140. The minimum absolute atomic E-state index is 0.0235. The van der Waals surface area contributed by atoms with Crippen molar-refractivity contribution in [2.24, 2.45) is 0 Å². The second kappa shape index (κ2) is 9.93. The average Bonchev–Trinajstić information content (AvgIpc) is 3.09. The highest BCUT2D eigenvalue weighted by Gasteiger charge is 2.46. The van der Waals surface area contributed by atoms with Gasteiger partial charge in [0.25, 0.3) is 11.7 Å². The van der Waals surface area contributed by atoms with Crippen molar-refractivity contribution in [2.45, 2.75) is 19.5 Å².